The van der Waals surface area contributed by atoms with Gasteiger partial charge in [-0.25, -0.2) is 8.42 Å². The molecule has 3 rings (SSSR count). The monoisotopic (exact) mass is 418 g/mol. The van der Waals surface area contributed by atoms with E-state index < -0.39 is 33.6 Å². The van der Waals surface area contributed by atoms with Crippen LogP contribution < -0.4 is 5.32 Å². The Bertz CT molecular complexity index is 912. The molecule has 0 radical (unpaired) electrons. The zero-order chi connectivity index (χ0) is 19.7. The fourth-order valence-corrected chi connectivity index (χ4v) is 5.60. The zero-order valence-corrected chi connectivity index (χ0v) is 15.7. The van der Waals surface area contributed by atoms with Gasteiger partial charge in [-0.15, -0.1) is 11.3 Å². The van der Waals surface area contributed by atoms with Crippen molar-refractivity contribution in [2.45, 2.75) is 23.2 Å². The van der Waals surface area contributed by atoms with E-state index in [2.05, 4.69) is 5.32 Å². The molecule has 1 saturated heterocycles. The quantitative estimate of drug-likeness (QED) is 0.821. The second kappa shape index (κ2) is 7.61. The third-order valence-corrected chi connectivity index (χ3v) is 7.54. The highest BCUT2D eigenvalue weighted by Crippen LogP contribution is 2.31. The van der Waals surface area contributed by atoms with Crippen molar-refractivity contribution < 1.29 is 26.4 Å². The average Bonchev–Trinajstić information content (AvgIpc) is 3.17. The van der Waals surface area contributed by atoms with Gasteiger partial charge in [-0.2, -0.15) is 17.5 Å². The fraction of sp³-hybridized carbons (Fsp3) is 0.353. The molecule has 2 heterocycles. The number of piperidine rings is 1. The van der Waals surface area contributed by atoms with Crippen LogP contribution in [0.25, 0.3) is 0 Å². The highest BCUT2D eigenvalue weighted by atomic mass is 32.2. The number of rotatable bonds is 4. The molecule has 1 N–H and O–H groups in total. The lowest BCUT2D eigenvalue weighted by Crippen LogP contribution is -2.43. The van der Waals surface area contributed by atoms with Gasteiger partial charge in [0.2, 0.25) is 5.91 Å². The van der Waals surface area contributed by atoms with Gasteiger partial charge in [-0.1, -0.05) is 12.1 Å². The number of anilines is 1. The van der Waals surface area contributed by atoms with Crippen molar-refractivity contribution in [1.82, 2.24) is 4.31 Å². The SMILES string of the molecule is O=C(Nc1cccc(C(F)(F)F)c1)C1CCCN(S(=O)(=O)c2cccs2)C1. The summed E-state index contributed by atoms with van der Waals surface area (Å²) in [7, 11) is -3.66. The first-order valence-corrected chi connectivity index (χ1v) is 10.5. The van der Waals surface area contributed by atoms with Crippen LogP contribution in [0.3, 0.4) is 0 Å². The van der Waals surface area contributed by atoms with Crippen molar-refractivity contribution in [3.8, 4) is 0 Å². The Balaban J connectivity index is 1.71. The Labute approximate surface area is 158 Å². The Morgan fingerprint density at radius 3 is 2.67 bits per heavy atom. The van der Waals surface area contributed by atoms with Crippen molar-refractivity contribution in [1.29, 1.82) is 0 Å². The molecular formula is C17H17F3N2O3S2. The summed E-state index contributed by atoms with van der Waals surface area (Å²) in [5, 5.41) is 4.13. The van der Waals surface area contributed by atoms with Crippen LogP contribution in [0.1, 0.15) is 18.4 Å². The lowest BCUT2D eigenvalue weighted by molar-refractivity contribution is -0.137. The molecule has 0 spiro atoms. The van der Waals surface area contributed by atoms with Crippen molar-refractivity contribution in [2.24, 2.45) is 5.92 Å². The van der Waals surface area contributed by atoms with E-state index in [1.54, 1.807) is 11.4 Å². The Morgan fingerprint density at radius 1 is 1.22 bits per heavy atom. The first-order chi connectivity index (χ1) is 12.7. The van der Waals surface area contributed by atoms with Crippen LogP contribution >= 0.6 is 11.3 Å². The maximum Gasteiger partial charge on any atom is 0.416 e. The third kappa shape index (κ3) is 4.50. The lowest BCUT2D eigenvalue weighted by Gasteiger charge is -2.30. The average molecular weight is 418 g/mol. The first-order valence-electron chi connectivity index (χ1n) is 8.20. The second-order valence-electron chi connectivity index (χ2n) is 6.20. The topological polar surface area (TPSA) is 66.5 Å². The molecule has 1 atom stereocenters. The second-order valence-corrected chi connectivity index (χ2v) is 9.31. The van der Waals surface area contributed by atoms with Crippen molar-refractivity contribution in [3.63, 3.8) is 0 Å². The summed E-state index contributed by atoms with van der Waals surface area (Å²) in [6.07, 6.45) is -3.52. The molecule has 0 bridgehead atoms. The number of amides is 1. The predicted molar refractivity (Wildman–Crippen MR) is 95.9 cm³/mol. The van der Waals surface area contributed by atoms with E-state index in [0.29, 0.717) is 19.4 Å². The van der Waals surface area contributed by atoms with Crippen LogP contribution in [0.2, 0.25) is 0 Å². The zero-order valence-electron chi connectivity index (χ0n) is 14.1. The summed E-state index contributed by atoms with van der Waals surface area (Å²) >= 11 is 1.10. The number of benzene rings is 1. The van der Waals surface area contributed by atoms with Crippen LogP contribution in [0, 0.1) is 5.92 Å². The summed E-state index contributed by atoms with van der Waals surface area (Å²) in [6.45, 7) is 0.318. The van der Waals surface area contributed by atoms with E-state index in [0.717, 1.165) is 23.5 Å². The van der Waals surface area contributed by atoms with Gasteiger partial charge in [0.1, 0.15) is 4.21 Å². The van der Waals surface area contributed by atoms with Crippen molar-refractivity contribution in [3.05, 3.63) is 47.3 Å². The van der Waals surface area contributed by atoms with Crippen LogP contribution in [-0.2, 0) is 21.0 Å². The van der Waals surface area contributed by atoms with E-state index in [1.807, 2.05) is 0 Å². The predicted octanol–water partition coefficient (Wildman–Crippen LogP) is 3.81. The molecule has 27 heavy (non-hydrogen) atoms. The van der Waals surface area contributed by atoms with E-state index in [4.69, 9.17) is 0 Å². The van der Waals surface area contributed by atoms with Gasteiger partial charge >= 0.3 is 6.18 Å². The molecule has 1 fully saturated rings. The molecule has 5 nitrogen and oxygen atoms in total. The minimum absolute atomic E-state index is 0.00499. The number of thiophene rings is 1. The normalized spacial score (nSPS) is 19.0. The summed E-state index contributed by atoms with van der Waals surface area (Å²) in [5.74, 6) is -1.11. The Kier molecular flexibility index (Phi) is 5.59. The summed E-state index contributed by atoms with van der Waals surface area (Å²) in [4.78, 5) is 12.5. The molecule has 1 amide bonds. The van der Waals surface area contributed by atoms with Gasteiger partial charge in [0.05, 0.1) is 11.5 Å². The fourth-order valence-electron chi connectivity index (χ4n) is 2.93. The molecule has 1 aromatic carbocycles. The van der Waals surface area contributed by atoms with Crippen molar-refractivity contribution in [2.75, 3.05) is 18.4 Å². The third-order valence-electron chi connectivity index (χ3n) is 4.30. The standard InChI is InChI=1S/C17H17F3N2O3S2/c18-17(19,20)13-5-1-6-14(10-13)21-16(23)12-4-2-8-22(11-12)27(24,25)15-7-3-9-26-15/h1,3,5-7,9-10,12H,2,4,8,11H2,(H,21,23). The van der Waals surface area contributed by atoms with Crippen LogP contribution in [0.5, 0.6) is 0 Å². The lowest BCUT2D eigenvalue weighted by atomic mass is 9.98. The number of sulfonamides is 1. The number of carbonyl (C=O) groups excluding carboxylic acids is 1. The van der Waals surface area contributed by atoms with Gasteiger partial charge in [0, 0.05) is 18.8 Å². The Hall–Kier alpha value is -1.91. The van der Waals surface area contributed by atoms with Gasteiger partial charge in [-0.05, 0) is 42.5 Å². The summed E-state index contributed by atoms with van der Waals surface area (Å²) < 4.78 is 65.1. The molecule has 10 heteroatoms. The number of halogens is 3. The minimum Gasteiger partial charge on any atom is -0.326 e. The van der Waals surface area contributed by atoms with E-state index in [1.165, 1.54) is 22.5 Å². The number of nitrogens with zero attached hydrogens (tertiary/aromatic N) is 1. The van der Waals surface area contributed by atoms with Gasteiger partial charge < -0.3 is 5.32 Å². The van der Waals surface area contributed by atoms with E-state index >= 15 is 0 Å². The van der Waals surface area contributed by atoms with Crippen LogP contribution in [-0.4, -0.2) is 31.7 Å². The molecular weight excluding hydrogens is 401 g/mol. The molecule has 1 unspecified atom stereocenters. The molecule has 0 aliphatic carbocycles. The van der Waals surface area contributed by atoms with Gasteiger partial charge in [0.15, 0.2) is 0 Å². The molecule has 146 valence electrons. The smallest absolute Gasteiger partial charge is 0.326 e. The number of hydrogen-bond acceptors (Lipinski definition) is 4. The van der Waals surface area contributed by atoms with Crippen LogP contribution in [0.4, 0.5) is 18.9 Å². The first kappa shape index (κ1) is 19.8. The minimum atomic E-state index is -4.50. The molecule has 1 aliphatic heterocycles. The van der Waals surface area contributed by atoms with E-state index in [-0.39, 0.29) is 16.4 Å². The maximum atomic E-state index is 12.8. The van der Waals surface area contributed by atoms with E-state index in [9.17, 15) is 26.4 Å². The number of nitrogens with one attached hydrogen (secondary N) is 1. The molecule has 0 saturated carbocycles. The number of hydrogen-bond donors (Lipinski definition) is 1. The molecule has 2 aromatic rings. The number of carbonyl (C=O) groups is 1. The Morgan fingerprint density at radius 2 is 2.00 bits per heavy atom. The summed E-state index contributed by atoms with van der Waals surface area (Å²) in [5.41, 5.74) is -0.820. The maximum absolute atomic E-state index is 12.8. The summed E-state index contributed by atoms with van der Waals surface area (Å²) in [6, 6.07) is 7.52. The highest BCUT2D eigenvalue weighted by Gasteiger charge is 2.34. The highest BCUT2D eigenvalue weighted by molar-refractivity contribution is 7.91. The molecule has 1 aromatic heterocycles. The van der Waals surface area contributed by atoms with Crippen molar-refractivity contribution >= 4 is 33.0 Å². The molecule has 1 aliphatic rings. The van der Waals surface area contributed by atoms with Crippen LogP contribution in [0.15, 0.2) is 46.0 Å². The largest absolute Gasteiger partial charge is 0.416 e. The van der Waals surface area contributed by atoms with Gasteiger partial charge in [0.25, 0.3) is 10.0 Å². The van der Waals surface area contributed by atoms with Gasteiger partial charge in [-0.3, -0.25) is 4.79 Å². The number of alkyl halides is 3.